The summed E-state index contributed by atoms with van der Waals surface area (Å²) in [5, 5.41) is 9.40. The second-order valence-corrected chi connectivity index (χ2v) is 5.77. The number of aliphatic hydroxyl groups is 1. The van der Waals surface area contributed by atoms with Crippen molar-refractivity contribution in [3.63, 3.8) is 0 Å². The molecule has 0 radical (unpaired) electrons. The Morgan fingerprint density at radius 1 is 1.53 bits per heavy atom. The number of esters is 1. The number of rotatable bonds is 6. The lowest BCUT2D eigenvalue weighted by Crippen LogP contribution is -2.50. The van der Waals surface area contributed by atoms with Crippen molar-refractivity contribution in [1.82, 2.24) is 0 Å². The van der Waals surface area contributed by atoms with Crippen LogP contribution in [0.3, 0.4) is 0 Å². The zero-order valence-corrected chi connectivity index (χ0v) is 12.0. The molecule has 0 spiro atoms. The predicted molar refractivity (Wildman–Crippen MR) is 70.4 cm³/mol. The molecule has 0 atom stereocenters. The minimum atomic E-state index is -0.456. The second kappa shape index (κ2) is 6.50. The highest BCUT2D eigenvalue weighted by Gasteiger charge is 2.41. The SMILES string of the molecule is C=CC(=O)OCC(C)(C)C1OCC(CC)(CO)CO1. The summed E-state index contributed by atoms with van der Waals surface area (Å²) in [6.45, 7) is 10.3. The third-order valence-electron chi connectivity index (χ3n) is 3.56. The quantitative estimate of drug-likeness (QED) is 0.586. The van der Waals surface area contributed by atoms with Crippen LogP contribution >= 0.6 is 0 Å². The van der Waals surface area contributed by atoms with E-state index in [2.05, 4.69) is 6.58 Å². The van der Waals surface area contributed by atoms with Crippen LogP contribution in [0.4, 0.5) is 0 Å². The summed E-state index contributed by atoms with van der Waals surface area (Å²) >= 11 is 0. The first-order valence-corrected chi connectivity index (χ1v) is 6.52. The molecule has 1 aliphatic heterocycles. The Morgan fingerprint density at radius 2 is 2.11 bits per heavy atom. The van der Waals surface area contributed by atoms with E-state index in [1.54, 1.807) is 0 Å². The predicted octanol–water partition coefficient (Wildman–Crippen LogP) is 1.50. The third-order valence-corrected chi connectivity index (χ3v) is 3.56. The van der Waals surface area contributed by atoms with Crippen LogP contribution in [0.1, 0.15) is 27.2 Å². The van der Waals surface area contributed by atoms with Crippen LogP contribution in [0.2, 0.25) is 0 Å². The van der Waals surface area contributed by atoms with Crippen LogP contribution in [0, 0.1) is 10.8 Å². The van der Waals surface area contributed by atoms with Gasteiger partial charge in [-0.05, 0) is 6.42 Å². The zero-order chi connectivity index (χ0) is 14.5. The van der Waals surface area contributed by atoms with Gasteiger partial charge in [-0.1, -0.05) is 27.4 Å². The maximum Gasteiger partial charge on any atom is 0.330 e. The van der Waals surface area contributed by atoms with Gasteiger partial charge in [-0.15, -0.1) is 0 Å². The molecule has 0 aliphatic carbocycles. The highest BCUT2D eigenvalue weighted by Crippen LogP contribution is 2.34. The molecule has 1 N–H and O–H groups in total. The molecule has 0 aromatic rings. The van der Waals surface area contributed by atoms with Gasteiger partial charge in [0, 0.05) is 16.9 Å². The van der Waals surface area contributed by atoms with Crippen molar-refractivity contribution in [3.05, 3.63) is 12.7 Å². The molecule has 1 fully saturated rings. The standard InChI is InChI=1S/C14H24O5/c1-5-11(16)17-8-13(3,4)12-18-9-14(6-2,7-15)10-19-12/h5,12,15H,1,6-10H2,2-4H3. The monoisotopic (exact) mass is 272 g/mol. The molecule has 0 aromatic carbocycles. The van der Waals surface area contributed by atoms with Crippen LogP contribution in [0.25, 0.3) is 0 Å². The van der Waals surface area contributed by atoms with E-state index in [1.165, 1.54) is 0 Å². The van der Waals surface area contributed by atoms with Gasteiger partial charge in [0.15, 0.2) is 6.29 Å². The fourth-order valence-corrected chi connectivity index (χ4v) is 1.84. The first-order chi connectivity index (χ1) is 8.89. The molecule has 1 saturated heterocycles. The Labute approximate surface area is 114 Å². The molecular formula is C14H24O5. The minimum absolute atomic E-state index is 0.0437. The van der Waals surface area contributed by atoms with Crippen molar-refractivity contribution >= 4 is 5.97 Å². The number of aliphatic hydroxyl groups excluding tert-OH is 1. The van der Waals surface area contributed by atoms with Crippen LogP contribution in [-0.2, 0) is 19.0 Å². The average Bonchev–Trinajstić information content (AvgIpc) is 2.44. The van der Waals surface area contributed by atoms with Crippen molar-refractivity contribution in [2.45, 2.75) is 33.5 Å². The second-order valence-electron chi connectivity index (χ2n) is 5.77. The van der Waals surface area contributed by atoms with Crippen LogP contribution < -0.4 is 0 Å². The Bertz CT molecular complexity index is 310. The van der Waals surface area contributed by atoms with Gasteiger partial charge in [0.2, 0.25) is 0 Å². The van der Waals surface area contributed by atoms with Crippen LogP contribution in [0.5, 0.6) is 0 Å². The Kier molecular flexibility index (Phi) is 5.52. The molecule has 1 heterocycles. The fraction of sp³-hybridized carbons (Fsp3) is 0.786. The van der Waals surface area contributed by atoms with Gasteiger partial charge >= 0.3 is 5.97 Å². The molecule has 110 valence electrons. The molecule has 1 rings (SSSR count). The molecular weight excluding hydrogens is 248 g/mol. The van der Waals surface area contributed by atoms with Gasteiger partial charge in [0.1, 0.15) is 6.61 Å². The van der Waals surface area contributed by atoms with E-state index < -0.39 is 17.7 Å². The van der Waals surface area contributed by atoms with Gasteiger partial charge in [-0.25, -0.2) is 4.79 Å². The Morgan fingerprint density at radius 3 is 2.53 bits per heavy atom. The normalized spacial score (nSPS) is 27.9. The van der Waals surface area contributed by atoms with Gasteiger partial charge < -0.3 is 19.3 Å². The summed E-state index contributed by atoms with van der Waals surface area (Å²) in [5.74, 6) is -0.456. The lowest BCUT2D eigenvalue weighted by atomic mass is 9.86. The van der Waals surface area contributed by atoms with E-state index in [-0.39, 0.29) is 18.6 Å². The molecule has 19 heavy (non-hydrogen) atoms. The molecule has 5 heteroatoms. The van der Waals surface area contributed by atoms with Crippen molar-refractivity contribution < 1.29 is 24.1 Å². The van der Waals surface area contributed by atoms with E-state index in [0.29, 0.717) is 13.2 Å². The first kappa shape index (κ1) is 16.1. The number of carbonyl (C=O) groups is 1. The van der Waals surface area contributed by atoms with E-state index in [9.17, 15) is 9.90 Å². The van der Waals surface area contributed by atoms with E-state index in [1.807, 2.05) is 20.8 Å². The van der Waals surface area contributed by atoms with E-state index >= 15 is 0 Å². The number of hydrogen-bond donors (Lipinski definition) is 1. The van der Waals surface area contributed by atoms with Crippen molar-refractivity contribution in [3.8, 4) is 0 Å². The highest BCUT2D eigenvalue weighted by atomic mass is 16.7. The average molecular weight is 272 g/mol. The number of hydrogen-bond acceptors (Lipinski definition) is 5. The summed E-state index contributed by atoms with van der Waals surface area (Å²) in [5.41, 5.74) is -0.765. The van der Waals surface area contributed by atoms with Gasteiger partial charge in [0.25, 0.3) is 0 Å². The Hall–Kier alpha value is -0.910. The van der Waals surface area contributed by atoms with Crippen LogP contribution in [0.15, 0.2) is 12.7 Å². The van der Waals surface area contributed by atoms with Crippen molar-refractivity contribution in [2.75, 3.05) is 26.4 Å². The van der Waals surface area contributed by atoms with Gasteiger partial charge in [-0.3, -0.25) is 0 Å². The zero-order valence-electron chi connectivity index (χ0n) is 12.0. The molecule has 0 aromatic heterocycles. The maximum atomic E-state index is 11.1. The van der Waals surface area contributed by atoms with Crippen molar-refractivity contribution in [1.29, 1.82) is 0 Å². The summed E-state index contributed by atoms with van der Waals surface area (Å²) in [6, 6.07) is 0. The molecule has 0 amide bonds. The smallest absolute Gasteiger partial charge is 0.330 e. The summed E-state index contributed by atoms with van der Waals surface area (Å²) in [6.07, 6.45) is 1.48. The summed E-state index contributed by atoms with van der Waals surface area (Å²) in [7, 11) is 0. The largest absolute Gasteiger partial charge is 0.462 e. The topological polar surface area (TPSA) is 65.0 Å². The Balaban J connectivity index is 2.53. The van der Waals surface area contributed by atoms with Gasteiger partial charge in [0.05, 0.1) is 19.8 Å². The van der Waals surface area contributed by atoms with Gasteiger partial charge in [-0.2, -0.15) is 0 Å². The molecule has 1 aliphatic rings. The lowest BCUT2D eigenvalue weighted by molar-refractivity contribution is -0.279. The fourth-order valence-electron chi connectivity index (χ4n) is 1.84. The van der Waals surface area contributed by atoms with E-state index in [0.717, 1.165) is 12.5 Å². The lowest BCUT2D eigenvalue weighted by Gasteiger charge is -2.43. The molecule has 5 nitrogen and oxygen atoms in total. The molecule has 0 saturated carbocycles. The van der Waals surface area contributed by atoms with Crippen LogP contribution in [-0.4, -0.2) is 43.8 Å². The first-order valence-electron chi connectivity index (χ1n) is 6.52. The minimum Gasteiger partial charge on any atom is -0.462 e. The number of ether oxygens (including phenoxy) is 3. The maximum absolute atomic E-state index is 11.1. The molecule has 0 unspecified atom stereocenters. The molecule has 0 bridgehead atoms. The third kappa shape index (κ3) is 4.03. The number of carbonyl (C=O) groups excluding carboxylic acids is 1. The van der Waals surface area contributed by atoms with E-state index in [4.69, 9.17) is 14.2 Å². The summed E-state index contributed by atoms with van der Waals surface area (Å²) < 4.78 is 16.5. The highest BCUT2D eigenvalue weighted by molar-refractivity contribution is 5.81. The van der Waals surface area contributed by atoms with Crippen molar-refractivity contribution in [2.24, 2.45) is 10.8 Å². The summed E-state index contributed by atoms with van der Waals surface area (Å²) in [4.78, 5) is 11.1.